The van der Waals surface area contributed by atoms with Crippen LogP contribution in [-0.4, -0.2) is 18.3 Å². The molecule has 1 amide bonds. The second-order valence-electron chi connectivity index (χ2n) is 5.15. The Bertz CT molecular complexity index is 419. The van der Waals surface area contributed by atoms with Crippen molar-refractivity contribution in [2.45, 2.75) is 32.1 Å². The number of hydrogen-bond acceptors (Lipinski definition) is 1. The summed E-state index contributed by atoms with van der Waals surface area (Å²) < 4.78 is 0. The zero-order valence-electron chi connectivity index (χ0n) is 10.8. The Labute approximate surface area is 114 Å². The highest BCUT2D eigenvalue weighted by Gasteiger charge is 2.25. The number of hydrogen-bond donors (Lipinski definition) is 1. The molecule has 0 bridgehead atoms. The molecule has 2 unspecified atom stereocenters. The van der Waals surface area contributed by atoms with E-state index in [2.05, 4.69) is 23.5 Å². The Kier molecular flexibility index (Phi) is 4.65. The standard InChI is InChI=1S/C15H20ClNO/c1-11(9-16)10-17-15(18)14-8-4-6-12-5-2-3-7-13(12)14/h2-3,5,7,11,14H,4,6,8-10H2,1H3,(H,17,18). The van der Waals surface area contributed by atoms with Crippen molar-refractivity contribution in [1.82, 2.24) is 5.32 Å². The molecule has 1 aliphatic rings. The van der Waals surface area contributed by atoms with Crippen molar-refractivity contribution in [3.8, 4) is 0 Å². The van der Waals surface area contributed by atoms with Gasteiger partial charge in [0, 0.05) is 12.4 Å². The van der Waals surface area contributed by atoms with Crippen LogP contribution in [-0.2, 0) is 11.2 Å². The lowest BCUT2D eigenvalue weighted by Gasteiger charge is -2.25. The van der Waals surface area contributed by atoms with Gasteiger partial charge < -0.3 is 5.32 Å². The second kappa shape index (κ2) is 6.24. The number of alkyl halides is 1. The average Bonchev–Trinajstić information content (AvgIpc) is 2.43. The number of rotatable bonds is 4. The van der Waals surface area contributed by atoms with Crippen molar-refractivity contribution in [2.24, 2.45) is 5.92 Å². The minimum atomic E-state index is 0.0254. The van der Waals surface area contributed by atoms with E-state index in [1.165, 1.54) is 11.1 Å². The topological polar surface area (TPSA) is 29.1 Å². The van der Waals surface area contributed by atoms with Crippen LogP contribution in [0.2, 0.25) is 0 Å². The first-order valence-electron chi connectivity index (χ1n) is 6.64. The number of halogens is 1. The predicted molar refractivity (Wildman–Crippen MR) is 75.0 cm³/mol. The van der Waals surface area contributed by atoms with E-state index in [0.29, 0.717) is 18.3 Å². The average molecular weight is 266 g/mol. The maximum Gasteiger partial charge on any atom is 0.227 e. The molecule has 0 saturated carbocycles. The number of fused-ring (bicyclic) bond motifs is 1. The zero-order valence-corrected chi connectivity index (χ0v) is 11.5. The van der Waals surface area contributed by atoms with Crippen molar-refractivity contribution >= 4 is 17.5 Å². The van der Waals surface area contributed by atoms with Crippen LogP contribution in [0.5, 0.6) is 0 Å². The number of amides is 1. The maximum atomic E-state index is 12.2. The molecule has 0 fully saturated rings. The highest BCUT2D eigenvalue weighted by atomic mass is 35.5. The summed E-state index contributed by atoms with van der Waals surface area (Å²) in [6.45, 7) is 2.71. The first-order valence-corrected chi connectivity index (χ1v) is 7.17. The molecule has 2 nitrogen and oxygen atoms in total. The van der Waals surface area contributed by atoms with Gasteiger partial charge in [0.2, 0.25) is 5.91 Å². The molecule has 0 aromatic heterocycles. The molecule has 0 spiro atoms. The number of carbonyl (C=O) groups is 1. The van der Waals surface area contributed by atoms with Crippen LogP contribution in [0, 0.1) is 5.92 Å². The summed E-state index contributed by atoms with van der Waals surface area (Å²) >= 11 is 5.75. The summed E-state index contributed by atoms with van der Waals surface area (Å²) in [5.74, 6) is 1.09. The third-order valence-corrected chi connectivity index (χ3v) is 4.10. The number of aryl methyl sites for hydroxylation is 1. The molecule has 2 atom stereocenters. The van der Waals surface area contributed by atoms with E-state index in [4.69, 9.17) is 11.6 Å². The van der Waals surface area contributed by atoms with Gasteiger partial charge in [0.15, 0.2) is 0 Å². The quantitative estimate of drug-likeness (QED) is 0.833. The van der Waals surface area contributed by atoms with Crippen molar-refractivity contribution in [3.63, 3.8) is 0 Å². The van der Waals surface area contributed by atoms with Crippen molar-refractivity contribution < 1.29 is 4.79 Å². The number of carbonyl (C=O) groups excluding carboxylic acids is 1. The summed E-state index contributed by atoms with van der Waals surface area (Å²) in [6, 6.07) is 8.29. The normalized spacial score (nSPS) is 20.0. The summed E-state index contributed by atoms with van der Waals surface area (Å²) in [5, 5.41) is 3.02. The fourth-order valence-corrected chi connectivity index (χ4v) is 2.59. The van der Waals surface area contributed by atoms with Crippen LogP contribution in [0.25, 0.3) is 0 Å². The Morgan fingerprint density at radius 3 is 3.06 bits per heavy atom. The Morgan fingerprint density at radius 1 is 1.50 bits per heavy atom. The summed E-state index contributed by atoms with van der Waals surface area (Å²) in [5.41, 5.74) is 2.54. The van der Waals surface area contributed by atoms with E-state index in [1.807, 2.05) is 13.0 Å². The molecule has 1 aromatic rings. The number of benzene rings is 1. The van der Waals surface area contributed by atoms with Crippen LogP contribution >= 0.6 is 11.6 Å². The Hall–Kier alpha value is -1.02. The summed E-state index contributed by atoms with van der Waals surface area (Å²) in [6.07, 6.45) is 3.15. The largest absolute Gasteiger partial charge is 0.355 e. The van der Waals surface area contributed by atoms with Gasteiger partial charge in [-0.25, -0.2) is 0 Å². The molecule has 0 saturated heterocycles. The highest BCUT2D eigenvalue weighted by Crippen LogP contribution is 2.31. The van der Waals surface area contributed by atoms with Gasteiger partial charge in [-0.05, 0) is 36.3 Å². The molecule has 2 rings (SSSR count). The molecule has 1 aromatic carbocycles. The Morgan fingerprint density at radius 2 is 2.28 bits per heavy atom. The van der Waals surface area contributed by atoms with Gasteiger partial charge in [-0.15, -0.1) is 11.6 Å². The van der Waals surface area contributed by atoms with E-state index in [-0.39, 0.29) is 11.8 Å². The van der Waals surface area contributed by atoms with E-state index in [0.717, 1.165) is 19.3 Å². The minimum absolute atomic E-state index is 0.0254. The van der Waals surface area contributed by atoms with Crippen molar-refractivity contribution in [3.05, 3.63) is 35.4 Å². The monoisotopic (exact) mass is 265 g/mol. The van der Waals surface area contributed by atoms with Gasteiger partial charge in [-0.1, -0.05) is 31.2 Å². The molecule has 0 radical (unpaired) electrons. The fourth-order valence-electron chi connectivity index (χ4n) is 2.48. The fraction of sp³-hybridized carbons (Fsp3) is 0.533. The van der Waals surface area contributed by atoms with E-state index in [9.17, 15) is 4.79 Å². The maximum absolute atomic E-state index is 12.2. The molecule has 98 valence electrons. The molecule has 0 heterocycles. The van der Waals surface area contributed by atoms with Crippen LogP contribution < -0.4 is 5.32 Å². The SMILES string of the molecule is CC(CCl)CNC(=O)C1CCCc2ccccc21. The molecule has 1 aliphatic carbocycles. The smallest absolute Gasteiger partial charge is 0.227 e. The molecule has 0 aliphatic heterocycles. The van der Waals surface area contributed by atoms with E-state index in [1.54, 1.807) is 0 Å². The van der Waals surface area contributed by atoms with Crippen LogP contribution in [0.4, 0.5) is 0 Å². The van der Waals surface area contributed by atoms with Gasteiger partial charge in [-0.3, -0.25) is 4.79 Å². The van der Waals surface area contributed by atoms with E-state index >= 15 is 0 Å². The molecular formula is C15H20ClNO. The van der Waals surface area contributed by atoms with Gasteiger partial charge in [-0.2, -0.15) is 0 Å². The molecular weight excluding hydrogens is 246 g/mol. The molecule has 1 N–H and O–H groups in total. The lowest BCUT2D eigenvalue weighted by atomic mass is 9.82. The third-order valence-electron chi connectivity index (χ3n) is 3.57. The first kappa shape index (κ1) is 13.4. The van der Waals surface area contributed by atoms with Gasteiger partial charge in [0.05, 0.1) is 5.92 Å². The predicted octanol–water partition coefficient (Wildman–Crippen LogP) is 3.10. The first-order chi connectivity index (χ1) is 8.72. The minimum Gasteiger partial charge on any atom is -0.355 e. The highest BCUT2D eigenvalue weighted by molar-refractivity contribution is 6.18. The Balaban J connectivity index is 2.04. The van der Waals surface area contributed by atoms with Crippen molar-refractivity contribution in [1.29, 1.82) is 0 Å². The van der Waals surface area contributed by atoms with Gasteiger partial charge >= 0.3 is 0 Å². The van der Waals surface area contributed by atoms with Gasteiger partial charge in [0.25, 0.3) is 0 Å². The van der Waals surface area contributed by atoms with Crippen LogP contribution in [0.1, 0.15) is 36.8 Å². The molecule has 18 heavy (non-hydrogen) atoms. The van der Waals surface area contributed by atoms with Crippen LogP contribution in [0.15, 0.2) is 24.3 Å². The zero-order chi connectivity index (χ0) is 13.0. The van der Waals surface area contributed by atoms with E-state index < -0.39 is 0 Å². The lowest BCUT2D eigenvalue weighted by molar-refractivity contribution is -0.123. The second-order valence-corrected chi connectivity index (χ2v) is 5.46. The van der Waals surface area contributed by atoms with Gasteiger partial charge in [0.1, 0.15) is 0 Å². The number of nitrogens with one attached hydrogen (secondary N) is 1. The third kappa shape index (κ3) is 3.05. The van der Waals surface area contributed by atoms with Crippen LogP contribution in [0.3, 0.4) is 0 Å². The lowest BCUT2D eigenvalue weighted by Crippen LogP contribution is -2.34. The summed E-state index contributed by atoms with van der Waals surface area (Å²) in [4.78, 5) is 12.2. The molecule has 3 heteroatoms. The van der Waals surface area contributed by atoms with Crippen molar-refractivity contribution in [2.75, 3.05) is 12.4 Å². The summed E-state index contributed by atoms with van der Waals surface area (Å²) in [7, 11) is 0.